The van der Waals surface area contributed by atoms with Crippen molar-refractivity contribution >= 4 is 23.6 Å². The minimum Gasteiger partial charge on any atom is -0.497 e. The molecule has 2 aromatic rings. The first-order valence-corrected chi connectivity index (χ1v) is 12.0. The van der Waals surface area contributed by atoms with Gasteiger partial charge in [0.05, 0.1) is 7.11 Å². The third kappa shape index (κ3) is 8.76. The summed E-state index contributed by atoms with van der Waals surface area (Å²) in [5.74, 6) is -0.0514. The second-order valence-electron chi connectivity index (χ2n) is 9.46. The number of nitrogens with one attached hydrogen (secondary N) is 2. The molecule has 3 amide bonds. The van der Waals surface area contributed by atoms with Crippen molar-refractivity contribution in [2.24, 2.45) is 0 Å². The van der Waals surface area contributed by atoms with E-state index in [0.717, 1.165) is 5.56 Å². The van der Waals surface area contributed by atoms with E-state index < -0.39 is 29.6 Å². The second-order valence-corrected chi connectivity index (χ2v) is 9.46. The average Bonchev–Trinajstić information content (AvgIpc) is 2.84. The average molecular weight is 496 g/mol. The Morgan fingerprint density at radius 1 is 1.06 bits per heavy atom. The number of amides is 3. The van der Waals surface area contributed by atoms with Crippen LogP contribution in [0.1, 0.15) is 46.1 Å². The number of methoxy groups -OCH3 is 1. The summed E-state index contributed by atoms with van der Waals surface area (Å²) in [4.78, 5) is 38.9. The molecule has 8 heteroatoms. The SMILES string of the molecule is CC[C@@H](C(=O)N[C@H](/C=C/C(=O)Nc1ccc(OC)cc1)CCc1ccccc1)N(C(=O)O)C(C)(C)C. The Morgan fingerprint density at radius 2 is 1.69 bits per heavy atom. The molecule has 2 rings (SSSR count). The molecule has 0 aliphatic rings. The highest BCUT2D eigenvalue weighted by atomic mass is 16.5. The fourth-order valence-corrected chi connectivity index (χ4v) is 3.90. The fraction of sp³-hybridized carbons (Fsp3) is 0.393. The van der Waals surface area contributed by atoms with Crippen molar-refractivity contribution in [3.8, 4) is 5.75 Å². The third-order valence-corrected chi connectivity index (χ3v) is 5.68. The summed E-state index contributed by atoms with van der Waals surface area (Å²) in [6.07, 6.45) is 3.42. The number of nitrogens with zero attached hydrogens (tertiary/aromatic N) is 1. The highest BCUT2D eigenvalue weighted by molar-refractivity contribution is 5.99. The smallest absolute Gasteiger partial charge is 0.408 e. The number of hydrogen-bond donors (Lipinski definition) is 3. The van der Waals surface area contributed by atoms with E-state index in [2.05, 4.69) is 10.6 Å². The number of rotatable bonds is 11. The van der Waals surface area contributed by atoms with Gasteiger partial charge in [0.2, 0.25) is 11.8 Å². The van der Waals surface area contributed by atoms with Crippen molar-refractivity contribution in [2.75, 3.05) is 12.4 Å². The van der Waals surface area contributed by atoms with E-state index in [0.29, 0.717) is 30.7 Å². The molecule has 0 heterocycles. The van der Waals surface area contributed by atoms with Crippen molar-refractivity contribution in [3.05, 3.63) is 72.3 Å². The number of carbonyl (C=O) groups excluding carboxylic acids is 2. The van der Waals surface area contributed by atoms with Crippen molar-refractivity contribution < 1.29 is 24.2 Å². The molecule has 8 nitrogen and oxygen atoms in total. The molecule has 0 saturated heterocycles. The summed E-state index contributed by atoms with van der Waals surface area (Å²) >= 11 is 0. The molecule has 0 unspecified atom stereocenters. The minimum absolute atomic E-state index is 0.322. The summed E-state index contributed by atoms with van der Waals surface area (Å²) in [5.41, 5.74) is 0.961. The van der Waals surface area contributed by atoms with Gasteiger partial charge >= 0.3 is 6.09 Å². The monoisotopic (exact) mass is 495 g/mol. The number of carbonyl (C=O) groups is 3. The molecule has 0 fully saturated rings. The lowest BCUT2D eigenvalue weighted by molar-refractivity contribution is -0.128. The van der Waals surface area contributed by atoms with Crippen molar-refractivity contribution in [1.82, 2.24) is 10.2 Å². The predicted molar refractivity (Wildman–Crippen MR) is 141 cm³/mol. The fourth-order valence-electron chi connectivity index (χ4n) is 3.90. The van der Waals surface area contributed by atoms with Gasteiger partial charge in [-0.3, -0.25) is 14.5 Å². The lowest BCUT2D eigenvalue weighted by Gasteiger charge is -2.38. The number of carboxylic acid groups (broad SMARTS) is 1. The normalized spacial score (nSPS) is 13.0. The van der Waals surface area contributed by atoms with Crippen LogP contribution in [0.15, 0.2) is 66.7 Å². The standard InChI is InChI=1S/C28H37N3O5/c1-6-24(31(27(34)35)28(2,3)4)26(33)30-22(13-12-20-10-8-7-9-11-20)16-19-25(32)29-21-14-17-23(36-5)18-15-21/h7-11,14-19,22,24H,6,12-13H2,1-5H3,(H,29,32)(H,30,33)(H,34,35)/b19-16+/t22-,24-/m0/s1. The Labute approximate surface area is 213 Å². The van der Waals surface area contributed by atoms with Crippen molar-refractivity contribution in [3.63, 3.8) is 0 Å². The van der Waals surface area contributed by atoms with E-state index in [-0.39, 0.29) is 5.91 Å². The highest BCUT2D eigenvalue weighted by Gasteiger charge is 2.36. The molecule has 2 atom stereocenters. The van der Waals surface area contributed by atoms with Gasteiger partial charge in [0.15, 0.2) is 0 Å². The van der Waals surface area contributed by atoms with Crippen LogP contribution in [0.3, 0.4) is 0 Å². The van der Waals surface area contributed by atoms with Gasteiger partial charge in [0.1, 0.15) is 11.8 Å². The van der Waals surface area contributed by atoms with Gasteiger partial charge in [-0.15, -0.1) is 0 Å². The maximum Gasteiger partial charge on any atom is 0.408 e. The van der Waals surface area contributed by atoms with Gasteiger partial charge in [0, 0.05) is 23.3 Å². The third-order valence-electron chi connectivity index (χ3n) is 5.68. The van der Waals surface area contributed by atoms with Crippen LogP contribution >= 0.6 is 0 Å². The van der Waals surface area contributed by atoms with Crippen LogP contribution in [0, 0.1) is 0 Å². The highest BCUT2D eigenvalue weighted by Crippen LogP contribution is 2.20. The van der Waals surface area contributed by atoms with E-state index in [9.17, 15) is 19.5 Å². The summed E-state index contributed by atoms with van der Waals surface area (Å²) in [6.45, 7) is 7.05. The predicted octanol–water partition coefficient (Wildman–Crippen LogP) is 4.86. The van der Waals surface area contributed by atoms with Gasteiger partial charge < -0.3 is 20.5 Å². The lowest BCUT2D eigenvalue weighted by atomic mass is 10.0. The molecule has 0 saturated carbocycles. The van der Waals surface area contributed by atoms with Gasteiger partial charge in [0.25, 0.3) is 0 Å². The zero-order chi connectivity index (χ0) is 26.7. The topological polar surface area (TPSA) is 108 Å². The number of benzene rings is 2. The molecular weight excluding hydrogens is 458 g/mol. The van der Waals surface area contributed by atoms with E-state index in [1.165, 1.54) is 11.0 Å². The Balaban J connectivity index is 2.17. The number of ether oxygens (including phenoxy) is 1. The summed E-state index contributed by atoms with van der Waals surface area (Å²) < 4.78 is 5.13. The molecule has 0 radical (unpaired) electrons. The molecule has 0 spiro atoms. The Hall–Kier alpha value is -3.81. The van der Waals surface area contributed by atoms with Gasteiger partial charge in [-0.1, -0.05) is 43.3 Å². The molecule has 0 aromatic heterocycles. The van der Waals surface area contributed by atoms with Crippen LogP contribution in [0.5, 0.6) is 5.75 Å². The molecular formula is C28H37N3O5. The van der Waals surface area contributed by atoms with E-state index in [1.807, 2.05) is 30.3 Å². The number of anilines is 1. The molecule has 2 aromatic carbocycles. The first-order chi connectivity index (χ1) is 17.0. The summed E-state index contributed by atoms with van der Waals surface area (Å²) in [7, 11) is 1.57. The molecule has 3 N–H and O–H groups in total. The van der Waals surface area contributed by atoms with Crippen LogP contribution in [-0.4, -0.2) is 52.6 Å². The maximum atomic E-state index is 13.2. The zero-order valence-corrected chi connectivity index (χ0v) is 21.7. The Bertz CT molecular complexity index is 1030. The van der Waals surface area contributed by atoms with Gasteiger partial charge in [-0.25, -0.2) is 4.79 Å². The lowest BCUT2D eigenvalue weighted by Crippen LogP contribution is -2.57. The largest absolute Gasteiger partial charge is 0.497 e. The van der Waals surface area contributed by atoms with Gasteiger partial charge in [-0.05, 0) is 69.9 Å². The Morgan fingerprint density at radius 3 is 2.22 bits per heavy atom. The van der Waals surface area contributed by atoms with Crippen molar-refractivity contribution in [1.29, 1.82) is 0 Å². The van der Waals surface area contributed by atoms with Gasteiger partial charge in [-0.2, -0.15) is 0 Å². The first kappa shape index (κ1) is 28.4. The summed E-state index contributed by atoms with van der Waals surface area (Å²) in [5, 5.41) is 15.5. The van der Waals surface area contributed by atoms with Crippen LogP contribution < -0.4 is 15.4 Å². The summed E-state index contributed by atoms with van der Waals surface area (Å²) in [6, 6.07) is 15.5. The number of hydrogen-bond acceptors (Lipinski definition) is 4. The van der Waals surface area contributed by atoms with Crippen LogP contribution in [0.2, 0.25) is 0 Å². The molecule has 194 valence electrons. The van der Waals surface area contributed by atoms with E-state index >= 15 is 0 Å². The first-order valence-electron chi connectivity index (χ1n) is 12.0. The van der Waals surface area contributed by atoms with Crippen LogP contribution in [0.4, 0.5) is 10.5 Å². The Kier molecular flexibility index (Phi) is 10.5. The van der Waals surface area contributed by atoms with Crippen molar-refractivity contribution in [2.45, 2.75) is 64.6 Å². The van der Waals surface area contributed by atoms with E-state index in [4.69, 9.17) is 4.74 Å². The quantitative estimate of drug-likeness (QED) is 0.386. The van der Waals surface area contributed by atoms with Crippen LogP contribution in [0.25, 0.3) is 0 Å². The molecule has 0 aliphatic carbocycles. The second kappa shape index (κ2) is 13.3. The van der Waals surface area contributed by atoms with Crippen LogP contribution in [-0.2, 0) is 16.0 Å². The maximum absolute atomic E-state index is 13.2. The molecule has 0 aliphatic heterocycles. The molecule has 36 heavy (non-hydrogen) atoms. The van der Waals surface area contributed by atoms with E-state index in [1.54, 1.807) is 65.1 Å². The molecule has 0 bridgehead atoms. The zero-order valence-electron chi connectivity index (χ0n) is 21.7. The number of aryl methyl sites for hydroxylation is 1. The minimum atomic E-state index is -1.15.